The Kier molecular flexibility index (Phi) is 9.87. The van der Waals surface area contributed by atoms with Gasteiger partial charge in [-0.15, -0.1) is 0 Å². The van der Waals surface area contributed by atoms with Crippen LogP contribution in [0.3, 0.4) is 0 Å². The molecular weight excluding hydrogens is 348 g/mol. The number of halogens is 1. The molecule has 1 atom stereocenters. The number of cyclic esters (lactones) is 1. The highest BCUT2D eigenvalue weighted by molar-refractivity contribution is 9.10. The van der Waals surface area contributed by atoms with Crippen molar-refractivity contribution in [3.63, 3.8) is 0 Å². The van der Waals surface area contributed by atoms with E-state index in [1.54, 1.807) is 18.2 Å². The predicted octanol–water partition coefficient (Wildman–Crippen LogP) is 4.43. The fourth-order valence-electron chi connectivity index (χ4n) is 2.23. The van der Waals surface area contributed by atoms with Gasteiger partial charge in [0.25, 0.3) is 0 Å². The van der Waals surface area contributed by atoms with E-state index in [0.29, 0.717) is 12.4 Å². The van der Waals surface area contributed by atoms with E-state index in [2.05, 4.69) is 15.9 Å². The molecule has 0 radical (unpaired) electrons. The number of carbonyl (C=O) groups is 2. The molecule has 1 aliphatic rings. The summed E-state index contributed by atoms with van der Waals surface area (Å²) in [7, 11) is 0. The van der Waals surface area contributed by atoms with Gasteiger partial charge in [0.15, 0.2) is 0 Å². The predicted molar refractivity (Wildman–Crippen MR) is 89.6 cm³/mol. The topological polar surface area (TPSA) is 52.6 Å². The molecule has 22 heavy (non-hydrogen) atoms. The minimum Gasteiger partial charge on any atom is -0.465 e. The molecule has 0 bridgehead atoms. The zero-order chi connectivity index (χ0) is 16.2. The molecule has 0 fully saturated rings. The molecule has 5 heteroatoms. The van der Waals surface area contributed by atoms with Gasteiger partial charge < -0.3 is 9.47 Å². The lowest BCUT2D eigenvalue weighted by Gasteiger charge is -2.09. The van der Waals surface area contributed by atoms with E-state index < -0.39 is 4.83 Å². The number of hydrogen-bond donors (Lipinski definition) is 0. The molecule has 0 aromatic carbocycles. The molecule has 0 amide bonds. The van der Waals surface area contributed by atoms with Crippen LogP contribution in [0.5, 0.6) is 0 Å². The molecule has 0 aliphatic carbocycles. The van der Waals surface area contributed by atoms with Crippen molar-refractivity contribution in [3.05, 3.63) is 24.0 Å². The van der Waals surface area contributed by atoms with Crippen LogP contribution < -0.4 is 0 Å². The first-order chi connectivity index (χ1) is 10.6. The summed E-state index contributed by atoms with van der Waals surface area (Å²) in [5.74, 6) is 0.0403. The van der Waals surface area contributed by atoms with Crippen LogP contribution >= 0.6 is 15.9 Å². The Hall–Kier alpha value is -1.10. The van der Waals surface area contributed by atoms with Crippen LogP contribution in [-0.2, 0) is 19.1 Å². The maximum atomic E-state index is 11.7. The average Bonchev–Trinajstić information content (AvgIpc) is 2.46. The van der Waals surface area contributed by atoms with Crippen molar-refractivity contribution in [3.8, 4) is 0 Å². The van der Waals surface area contributed by atoms with E-state index in [1.165, 1.54) is 26.2 Å². The fraction of sp³-hybridized carbons (Fsp3) is 0.647. The molecule has 4 nitrogen and oxygen atoms in total. The minimum absolute atomic E-state index is 0.286. The summed E-state index contributed by atoms with van der Waals surface area (Å²) in [6.07, 6.45) is 13.6. The third-order valence-electron chi connectivity index (χ3n) is 3.37. The number of ether oxygens (including phenoxy) is 2. The Morgan fingerprint density at radius 1 is 1.18 bits per heavy atom. The second-order valence-corrected chi connectivity index (χ2v) is 6.39. The van der Waals surface area contributed by atoms with Crippen molar-refractivity contribution in [1.29, 1.82) is 0 Å². The normalized spacial score (nSPS) is 26.4. The summed E-state index contributed by atoms with van der Waals surface area (Å²) in [4.78, 5) is 22.4. The van der Waals surface area contributed by atoms with Gasteiger partial charge in [0.1, 0.15) is 10.6 Å². The molecule has 1 unspecified atom stereocenters. The summed E-state index contributed by atoms with van der Waals surface area (Å²) in [5.41, 5.74) is 0. The van der Waals surface area contributed by atoms with Gasteiger partial charge in [-0.05, 0) is 18.9 Å². The first-order valence-electron chi connectivity index (χ1n) is 7.96. The number of esters is 2. The van der Waals surface area contributed by atoms with Gasteiger partial charge in [0.2, 0.25) is 0 Å². The van der Waals surface area contributed by atoms with Crippen LogP contribution in [-0.4, -0.2) is 23.4 Å². The van der Waals surface area contributed by atoms with Crippen molar-refractivity contribution in [2.24, 2.45) is 0 Å². The molecule has 1 heterocycles. The van der Waals surface area contributed by atoms with E-state index in [4.69, 9.17) is 9.47 Å². The monoisotopic (exact) mass is 372 g/mol. The minimum atomic E-state index is -0.477. The van der Waals surface area contributed by atoms with Gasteiger partial charge in [-0.2, -0.15) is 0 Å². The molecule has 0 saturated heterocycles. The van der Waals surface area contributed by atoms with E-state index in [-0.39, 0.29) is 11.9 Å². The highest BCUT2D eigenvalue weighted by Gasteiger charge is 2.12. The van der Waals surface area contributed by atoms with E-state index in [1.807, 2.05) is 0 Å². The quantitative estimate of drug-likeness (QED) is 0.504. The average molecular weight is 373 g/mol. The molecule has 0 aromatic heterocycles. The first kappa shape index (κ1) is 18.9. The Labute approximate surface area is 141 Å². The lowest BCUT2D eigenvalue weighted by Crippen LogP contribution is -2.15. The second-order valence-electron chi connectivity index (χ2n) is 5.41. The van der Waals surface area contributed by atoms with Crippen LogP contribution in [0.2, 0.25) is 0 Å². The van der Waals surface area contributed by atoms with Crippen LogP contribution in [0.1, 0.15) is 58.3 Å². The SMILES string of the molecule is CC(=O)O/C1=C/C=C\C(Br)C(=O)OCCCCCCCCC1. The standard InChI is InChI=1S/C17H25BrO4/c1-14(19)22-15-10-7-5-3-2-4-6-8-13-21-17(20)16(18)12-9-11-15/h9,11-12,16H,2-8,10,13H2,1H3/b12-9-,15-11+. The van der Waals surface area contributed by atoms with Crippen LogP contribution in [0.25, 0.3) is 0 Å². The number of carbonyl (C=O) groups excluding carboxylic acids is 2. The van der Waals surface area contributed by atoms with Crippen molar-refractivity contribution < 1.29 is 19.1 Å². The highest BCUT2D eigenvalue weighted by atomic mass is 79.9. The third-order valence-corrected chi connectivity index (χ3v) is 4.05. The highest BCUT2D eigenvalue weighted by Crippen LogP contribution is 2.15. The van der Waals surface area contributed by atoms with Crippen molar-refractivity contribution in [1.82, 2.24) is 0 Å². The van der Waals surface area contributed by atoms with Gasteiger partial charge in [0, 0.05) is 13.3 Å². The summed E-state index contributed by atoms with van der Waals surface area (Å²) >= 11 is 3.28. The molecular formula is C17H25BrO4. The van der Waals surface area contributed by atoms with Gasteiger partial charge in [-0.3, -0.25) is 9.59 Å². The Morgan fingerprint density at radius 3 is 2.50 bits per heavy atom. The van der Waals surface area contributed by atoms with E-state index in [0.717, 1.165) is 32.1 Å². The van der Waals surface area contributed by atoms with E-state index in [9.17, 15) is 9.59 Å². The lowest BCUT2D eigenvalue weighted by molar-refractivity contribution is -0.142. The fourth-order valence-corrected chi connectivity index (χ4v) is 2.54. The number of rotatable bonds is 1. The van der Waals surface area contributed by atoms with Gasteiger partial charge >= 0.3 is 11.9 Å². The maximum absolute atomic E-state index is 11.7. The summed E-state index contributed by atoms with van der Waals surface area (Å²) in [6, 6.07) is 0. The molecule has 124 valence electrons. The van der Waals surface area contributed by atoms with Crippen molar-refractivity contribution >= 4 is 27.9 Å². The molecule has 0 aromatic rings. The van der Waals surface area contributed by atoms with Crippen molar-refractivity contribution in [2.45, 2.75) is 63.1 Å². The number of hydrogen-bond acceptors (Lipinski definition) is 4. The van der Waals surface area contributed by atoms with E-state index >= 15 is 0 Å². The molecule has 1 aliphatic heterocycles. The molecule has 0 saturated carbocycles. The maximum Gasteiger partial charge on any atom is 0.323 e. The van der Waals surface area contributed by atoms with Crippen molar-refractivity contribution in [2.75, 3.05) is 6.61 Å². The van der Waals surface area contributed by atoms with Gasteiger partial charge in [0.05, 0.1) is 6.61 Å². The van der Waals surface area contributed by atoms with Crippen LogP contribution in [0.4, 0.5) is 0 Å². The second kappa shape index (κ2) is 11.5. The Morgan fingerprint density at radius 2 is 1.82 bits per heavy atom. The molecule has 0 N–H and O–H groups in total. The lowest BCUT2D eigenvalue weighted by atomic mass is 10.1. The number of allylic oxidation sites excluding steroid dienone is 3. The smallest absolute Gasteiger partial charge is 0.323 e. The Balaban J connectivity index is 2.66. The third kappa shape index (κ3) is 9.03. The Bertz CT molecular complexity index is 415. The summed E-state index contributed by atoms with van der Waals surface area (Å²) < 4.78 is 10.4. The summed E-state index contributed by atoms with van der Waals surface area (Å²) in [5, 5.41) is 0. The largest absolute Gasteiger partial charge is 0.465 e. The molecule has 0 spiro atoms. The van der Waals surface area contributed by atoms with Crippen LogP contribution in [0, 0.1) is 0 Å². The molecule has 1 rings (SSSR count). The summed E-state index contributed by atoms with van der Waals surface area (Å²) in [6.45, 7) is 1.87. The first-order valence-corrected chi connectivity index (χ1v) is 8.87. The number of alkyl halides is 1. The zero-order valence-corrected chi connectivity index (χ0v) is 14.8. The van der Waals surface area contributed by atoms with Gasteiger partial charge in [-0.1, -0.05) is 60.2 Å². The zero-order valence-electron chi connectivity index (χ0n) is 13.2. The van der Waals surface area contributed by atoms with Crippen LogP contribution in [0.15, 0.2) is 24.0 Å². The van der Waals surface area contributed by atoms with Gasteiger partial charge in [-0.25, -0.2) is 0 Å².